The van der Waals surface area contributed by atoms with Gasteiger partial charge in [0.2, 0.25) is 0 Å². The highest BCUT2D eigenvalue weighted by molar-refractivity contribution is 7.80. The molecule has 0 aromatic heterocycles. The summed E-state index contributed by atoms with van der Waals surface area (Å²) in [6, 6.07) is 0. The van der Waals surface area contributed by atoms with E-state index in [1.54, 1.807) is 0 Å². The number of amidine groups is 1. The quantitative estimate of drug-likeness (QED) is 0.273. The molecule has 1 aliphatic rings. The Balaban J connectivity index is 0.000000571. The first-order valence-corrected chi connectivity index (χ1v) is 12.3. The highest BCUT2D eigenvalue weighted by Crippen LogP contribution is 2.10. The summed E-state index contributed by atoms with van der Waals surface area (Å²) in [6.45, 7) is 6.66. The molecule has 0 bridgehead atoms. The van der Waals surface area contributed by atoms with E-state index in [-0.39, 0.29) is 13.0 Å². The van der Waals surface area contributed by atoms with Crippen LogP contribution in [0.15, 0.2) is 4.99 Å². The molecular formula is C20H40N2O6S. The Kier molecular flexibility index (Phi) is 16.9. The number of aliphatic carboxylic acids is 1. The topological polar surface area (TPSA) is 117 Å². The largest absolute Gasteiger partial charge is 0.481 e. The van der Waals surface area contributed by atoms with Crippen molar-refractivity contribution in [3.63, 3.8) is 0 Å². The van der Waals surface area contributed by atoms with Gasteiger partial charge in [-0.05, 0) is 6.42 Å². The van der Waals surface area contributed by atoms with E-state index in [9.17, 15) is 13.2 Å². The van der Waals surface area contributed by atoms with E-state index in [0.717, 1.165) is 38.2 Å². The maximum Gasteiger partial charge on any atom is 0.397 e. The summed E-state index contributed by atoms with van der Waals surface area (Å²) >= 11 is 0. The van der Waals surface area contributed by atoms with Gasteiger partial charge in [0.15, 0.2) is 0 Å². The Labute approximate surface area is 176 Å². The SMILES string of the molecule is CCC1=NCCN1CCC(=O)O.CCCCCCCCCCCCOS(=O)(=O)O. The van der Waals surface area contributed by atoms with Crippen LogP contribution in [0.3, 0.4) is 0 Å². The molecule has 0 saturated carbocycles. The van der Waals surface area contributed by atoms with E-state index in [1.165, 1.54) is 44.9 Å². The molecule has 2 N–H and O–H groups in total. The van der Waals surface area contributed by atoms with Gasteiger partial charge in [0, 0.05) is 19.5 Å². The molecule has 0 aromatic rings. The molecule has 0 aromatic carbocycles. The lowest BCUT2D eigenvalue weighted by molar-refractivity contribution is -0.137. The van der Waals surface area contributed by atoms with Crippen LogP contribution < -0.4 is 0 Å². The van der Waals surface area contributed by atoms with Crippen LogP contribution in [0.25, 0.3) is 0 Å². The molecule has 9 heteroatoms. The third-order valence-electron chi connectivity index (χ3n) is 4.67. The summed E-state index contributed by atoms with van der Waals surface area (Å²) < 4.78 is 33.0. The van der Waals surface area contributed by atoms with E-state index in [1.807, 2.05) is 11.8 Å². The van der Waals surface area contributed by atoms with Crippen LogP contribution in [0.2, 0.25) is 0 Å². The predicted octanol–water partition coefficient (Wildman–Crippen LogP) is 4.31. The van der Waals surface area contributed by atoms with Crippen LogP contribution in [0, 0.1) is 0 Å². The number of hydrogen-bond donors (Lipinski definition) is 2. The second-order valence-corrected chi connectivity index (χ2v) is 8.31. The Bertz CT molecular complexity index is 551. The molecule has 0 atom stereocenters. The minimum absolute atomic E-state index is 0.0926. The van der Waals surface area contributed by atoms with E-state index < -0.39 is 16.4 Å². The highest BCUT2D eigenvalue weighted by atomic mass is 32.3. The Hall–Kier alpha value is -1.19. The first-order valence-electron chi connectivity index (χ1n) is 10.9. The summed E-state index contributed by atoms with van der Waals surface area (Å²) in [4.78, 5) is 16.6. The van der Waals surface area contributed by atoms with Crippen molar-refractivity contribution in [2.24, 2.45) is 4.99 Å². The Morgan fingerprint density at radius 3 is 2.07 bits per heavy atom. The fraction of sp³-hybridized carbons (Fsp3) is 0.900. The fourth-order valence-electron chi connectivity index (χ4n) is 3.09. The first-order chi connectivity index (χ1) is 13.8. The van der Waals surface area contributed by atoms with Gasteiger partial charge in [-0.2, -0.15) is 8.42 Å². The number of hydrogen-bond acceptors (Lipinski definition) is 6. The maximum atomic E-state index is 10.3. The smallest absolute Gasteiger partial charge is 0.397 e. The van der Waals surface area contributed by atoms with Crippen LogP contribution in [0.1, 0.15) is 90.9 Å². The third kappa shape index (κ3) is 18.6. The number of carbonyl (C=O) groups is 1. The van der Waals surface area contributed by atoms with Crippen LogP contribution in [0.4, 0.5) is 0 Å². The molecule has 8 nitrogen and oxygen atoms in total. The zero-order valence-electron chi connectivity index (χ0n) is 18.1. The summed E-state index contributed by atoms with van der Waals surface area (Å²) in [5.41, 5.74) is 0. The molecular weight excluding hydrogens is 396 g/mol. The van der Waals surface area contributed by atoms with Crippen LogP contribution in [-0.4, -0.2) is 61.0 Å². The van der Waals surface area contributed by atoms with Gasteiger partial charge in [0.05, 0.1) is 25.4 Å². The number of nitrogens with zero attached hydrogens (tertiary/aromatic N) is 2. The lowest BCUT2D eigenvalue weighted by Gasteiger charge is -2.17. The molecule has 0 amide bonds. The Morgan fingerprint density at radius 2 is 1.59 bits per heavy atom. The molecule has 0 fully saturated rings. The van der Waals surface area contributed by atoms with E-state index in [0.29, 0.717) is 13.0 Å². The monoisotopic (exact) mass is 436 g/mol. The zero-order chi connectivity index (χ0) is 22.0. The average molecular weight is 437 g/mol. The predicted molar refractivity (Wildman–Crippen MR) is 116 cm³/mol. The maximum absolute atomic E-state index is 10.3. The number of carboxylic acids is 1. The van der Waals surface area contributed by atoms with Gasteiger partial charge in [0.25, 0.3) is 0 Å². The first kappa shape index (κ1) is 27.8. The molecule has 0 saturated heterocycles. The van der Waals surface area contributed by atoms with Crippen molar-refractivity contribution in [1.82, 2.24) is 4.90 Å². The number of rotatable bonds is 16. The highest BCUT2D eigenvalue weighted by Gasteiger charge is 2.15. The summed E-state index contributed by atoms with van der Waals surface area (Å²) in [6.07, 6.45) is 13.0. The van der Waals surface area contributed by atoms with Crippen LogP contribution in [-0.2, 0) is 19.4 Å². The van der Waals surface area contributed by atoms with Gasteiger partial charge in [-0.3, -0.25) is 14.3 Å². The lowest BCUT2D eigenvalue weighted by Crippen LogP contribution is -2.29. The molecule has 0 radical (unpaired) electrons. The van der Waals surface area contributed by atoms with Crippen molar-refractivity contribution < 1.29 is 27.1 Å². The molecule has 1 aliphatic heterocycles. The van der Waals surface area contributed by atoms with Crippen molar-refractivity contribution in [2.75, 3.05) is 26.2 Å². The number of unbranched alkanes of at least 4 members (excludes halogenated alkanes) is 9. The second-order valence-electron chi connectivity index (χ2n) is 7.21. The lowest BCUT2D eigenvalue weighted by atomic mass is 10.1. The van der Waals surface area contributed by atoms with Crippen molar-refractivity contribution in [3.05, 3.63) is 0 Å². The van der Waals surface area contributed by atoms with Crippen LogP contribution in [0.5, 0.6) is 0 Å². The Morgan fingerprint density at radius 1 is 1.03 bits per heavy atom. The van der Waals surface area contributed by atoms with E-state index >= 15 is 0 Å². The molecule has 0 aliphatic carbocycles. The van der Waals surface area contributed by atoms with Gasteiger partial charge < -0.3 is 10.0 Å². The normalized spacial score (nSPS) is 13.8. The van der Waals surface area contributed by atoms with Crippen molar-refractivity contribution >= 4 is 22.2 Å². The molecule has 1 rings (SSSR count). The van der Waals surface area contributed by atoms with Crippen molar-refractivity contribution in [1.29, 1.82) is 0 Å². The standard InChI is InChI=1S/C12H26O4S.C8H14N2O2/c1-2-3-4-5-6-7-8-9-10-11-12-16-17(13,14)15;1-2-7-9-4-6-10(7)5-3-8(11)12/h2-12H2,1H3,(H,13,14,15);2-6H2,1H3,(H,11,12). The zero-order valence-corrected chi connectivity index (χ0v) is 19.0. The summed E-state index contributed by atoms with van der Waals surface area (Å²) in [5, 5.41) is 8.47. The van der Waals surface area contributed by atoms with E-state index in [2.05, 4.69) is 16.1 Å². The van der Waals surface area contributed by atoms with Gasteiger partial charge in [-0.15, -0.1) is 0 Å². The average Bonchev–Trinajstić information content (AvgIpc) is 3.12. The summed E-state index contributed by atoms with van der Waals surface area (Å²) in [5.74, 6) is 0.314. The minimum Gasteiger partial charge on any atom is -0.481 e. The van der Waals surface area contributed by atoms with Crippen molar-refractivity contribution in [2.45, 2.75) is 90.9 Å². The molecule has 0 unspecified atom stereocenters. The van der Waals surface area contributed by atoms with E-state index in [4.69, 9.17) is 9.66 Å². The minimum atomic E-state index is -4.23. The fourth-order valence-corrected chi connectivity index (χ4v) is 3.42. The van der Waals surface area contributed by atoms with Gasteiger partial charge in [-0.1, -0.05) is 71.6 Å². The second kappa shape index (κ2) is 17.7. The molecule has 1 heterocycles. The van der Waals surface area contributed by atoms with Gasteiger partial charge in [0.1, 0.15) is 0 Å². The summed E-state index contributed by atoms with van der Waals surface area (Å²) in [7, 11) is -4.23. The van der Waals surface area contributed by atoms with Gasteiger partial charge in [-0.25, -0.2) is 4.18 Å². The van der Waals surface area contributed by atoms with Crippen LogP contribution >= 0.6 is 0 Å². The molecule has 0 spiro atoms. The van der Waals surface area contributed by atoms with Crippen molar-refractivity contribution in [3.8, 4) is 0 Å². The third-order valence-corrected chi connectivity index (χ3v) is 5.14. The molecule has 172 valence electrons. The number of aliphatic imine (C=N–C) groups is 1. The molecule has 29 heavy (non-hydrogen) atoms. The van der Waals surface area contributed by atoms with Gasteiger partial charge >= 0.3 is 16.4 Å². The number of carboxylic acid groups (broad SMARTS) is 1.